The second-order valence-corrected chi connectivity index (χ2v) is 5.55. The molecule has 0 aliphatic heterocycles. The van der Waals surface area contributed by atoms with E-state index < -0.39 is 0 Å². The molecular weight excluding hydrogens is 258 g/mol. The third kappa shape index (κ3) is 3.11. The first-order valence-corrected chi connectivity index (χ1v) is 6.43. The summed E-state index contributed by atoms with van der Waals surface area (Å²) in [6.45, 7) is -0.0471. The molecule has 0 aliphatic rings. The van der Waals surface area contributed by atoms with Crippen LogP contribution in [0.2, 0.25) is 0 Å². The molecule has 90 valence electrons. The van der Waals surface area contributed by atoms with Crippen LogP contribution in [0.3, 0.4) is 0 Å². The van der Waals surface area contributed by atoms with Crippen LogP contribution in [-0.4, -0.2) is 39.4 Å². The summed E-state index contributed by atoms with van der Waals surface area (Å²) in [5.74, 6) is 0. The van der Waals surface area contributed by atoms with Crippen LogP contribution in [0.25, 0.3) is 0 Å². The number of nitrogens with zero attached hydrogens (tertiary/aromatic N) is 5. The lowest BCUT2D eigenvalue weighted by molar-refractivity contribution is 0.280. The number of aliphatic hydroxyl groups excluding tert-OH is 1. The van der Waals surface area contributed by atoms with Crippen molar-refractivity contribution in [2.45, 2.75) is 16.1 Å². The van der Waals surface area contributed by atoms with Gasteiger partial charge in [0.25, 0.3) is 0 Å². The van der Waals surface area contributed by atoms with Crippen LogP contribution in [0.4, 0.5) is 5.13 Å². The van der Waals surface area contributed by atoms with Crippen molar-refractivity contribution in [2.75, 3.05) is 19.0 Å². The van der Waals surface area contributed by atoms with Crippen molar-refractivity contribution >= 4 is 28.2 Å². The Morgan fingerprint density at radius 1 is 1.29 bits per heavy atom. The lowest BCUT2D eigenvalue weighted by Gasteiger charge is -2.03. The zero-order valence-electron chi connectivity index (χ0n) is 9.36. The van der Waals surface area contributed by atoms with E-state index >= 15 is 0 Å². The average molecular weight is 269 g/mol. The molecule has 0 atom stereocenters. The van der Waals surface area contributed by atoms with Gasteiger partial charge in [-0.3, -0.25) is 0 Å². The molecule has 0 unspecified atom stereocenters. The molecule has 8 heteroatoms. The summed E-state index contributed by atoms with van der Waals surface area (Å²) in [5, 5.41) is 18.4. The van der Waals surface area contributed by atoms with Crippen LogP contribution >= 0.6 is 23.1 Å². The maximum atomic E-state index is 8.87. The van der Waals surface area contributed by atoms with Gasteiger partial charge >= 0.3 is 0 Å². The first-order valence-electron chi connectivity index (χ1n) is 4.79. The minimum absolute atomic E-state index is 0.0471. The van der Waals surface area contributed by atoms with Crippen LogP contribution in [0.1, 0.15) is 5.56 Å². The maximum absolute atomic E-state index is 8.87. The highest BCUT2D eigenvalue weighted by Crippen LogP contribution is 2.30. The molecule has 0 aliphatic carbocycles. The molecule has 0 bridgehead atoms. The normalized spacial score (nSPS) is 10.5. The third-order valence-corrected chi connectivity index (χ3v) is 3.86. The maximum Gasteiger partial charge on any atom is 0.208 e. The second kappa shape index (κ2) is 5.39. The van der Waals surface area contributed by atoms with Gasteiger partial charge in [0.15, 0.2) is 9.50 Å². The van der Waals surface area contributed by atoms with Crippen molar-refractivity contribution in [1.29, 1.82) is 0 Å². The fourth-order valence-electron chi connectivity index (χ4n) is 0.980. The Hall–Kier alpha value is -1.25. The van der Waals surface area contributed by atoms with Gasteiger partial charge in [-0.25, -0.2) is 9.97 Å². The van der Waals surface area contributed by atoms with Crippen LogP contribution in [0.15, 0.2) is 21.9 Å². The van der Waals surface area contributed by atoms with Gasteiger partial charge in [0, 0.05) is 32.1 Å². The molecule has 2 aromatic heterocycles. The van der Waals surface area contributed by atoms with E-state index in [0.29, 0.717) is 10.7 Å². The van der Waals surface area contributed by atoms with Gasteiger partial charge in [0.05, 0.1) is 6.61 Å². The van der Waals surface area contributed by atoms with Gasteiger partial charge in [0.1, 0.15) is 0 Å². The molecule has 17 heavy (non-hydrogen) atoms. The third-order valence-electron chi connectivity index (χ3n) is 1.82. The number of anilines is 1. The zero-order valence-corrected chi connectivity index (χ0v) is 11.0. The minimum Gasteiger partial charge on any atom is -0.392 e. The largest absolute Gasteiger partial charge is 0.392 e. The molecule has 0 saturated carbocycles. The molecule has 0 amide bonds. The van der Waals surface area contributed by atoms with Crippen LogP contribution in [-0.2, 0) is 6.61 Å². The van der Waals surface area contributed by atoms with E-state index in [-0.39, 0.29) is 6.61 Å². The number of hydrogen-bond donors (Lipinski definition) is 1. The van der Waals surface area contributed by atoms with E-state index in [2.05, 4.69) is 20.2 Å². The van der Waals surface area contributed by atoms with E-state index in [4.69, 9.17) is 5.11 Å². The fraction of sp³-hybridized carbons (Fsp3) is 0.333. The van der Waals surface area contributed by atoms with E-state index in [1.807, 2.05) is 19.0 Å². The predicted octanol–water partition coefficient (Wildman–Crippen LogP) is 1.04. The van der Waals surface area contributed by atoms with E-state index in [0.717, 1.165) is 9.47 Å². The standard InChI is InChI=1S/C9H11N5OS2/c1-14(2)8-12-13-9(17-8)16-7-10-3-6(5-15)4-11-7/h3-4,15H,5H2,1-2H3. The summed E-state index contributed by atoms with van der Waals surface area (Å²) in [6, 6.07) is 0. The number of aliphatic hydroxyl groups is 1. The molecule has 0 aromatic carbocycles. The molecule has 0 radical (unpaired) electrons. The Bertz CT molecular complexity index is 484. The molecule has 1 N–H and O–H groups in total. The smallest absolute Gasteiger partial charge is 0.208 e. The quantitative estimate of drug-likeness (QED) is 0.831. The fourth-order valence-corrected chi connectivity index (χ4v) is 2.54. The topological polar surface area (TPSA) is 75.0 Å². The molecule has 2 rings (SSSR count). The highest BCUT2D eigenvalue weighted by atomic mass is 32.2. The van der Waals surface area contributed by atoms with Crippen LogP contribution in [0.5, 0.6) is 0 Å². The number of aromatic nitrogens is 4. The second-order valence-electron chi connectivity index (χ2n) is 3.38. The first kappa shape index (κ1) is 12.2. The molecule has 0 fully saturated rings. The van der Waals surface area contributed by atoms with E-state index in [1.54, 1.807) is 12.4 Å². The molecule has 2 heterocycles. The van der Waals surface area contributed by atoms with E-state index in [1.165, 1.54) is 23.1 Å². The van der Waals surface area contributed by atoms with Crippen molar-refractivity contribution in [1.82, 2.24) is 20.2 Å². The van der Waals surface area contributed by atoms with Crippen molar-refractivity contribution < 1.29 is 5.11 Å². The zero-order chi connectivity index (χ0) is 12.3. The van der Waals surface area contributed by atoms with Gasteiger partial charge < -0.3 is 10.0 Å². The van der Waals surface area contributed by atoms with Crippen molar-refractivity contribution in [2.24, 2.45) is 0 Å². The van der Waals surface area contributed by atoms with Crippen molar-refractivity contribution in [3.63, 3.8) is 0 Å². The molecular formula is C9H11N5OS2. The van der Waals surface area contributed by atoms with Gasteiger partial charge in [-0.2, -0.15) is 0 Å². The molecule has 0 saturated heterocycles. The van der Waals surface area contributed by atoms with Crippen LogP contribution in [0, 0.1) is 0 Å². The summed E-state index contributed by atoms with van der Waals surface area (Å²) in [7, 11) is 3.84. The van der Waals surface area contributed by atoms with Gasteiger partial charge in [-0.15, -0.1) is 10.2 Å². The van der Waals surface area contributed by atoms with Gasteiger partial charge in [-0.05, 0) is 11.8 Å². The first-order chi connectivity index (χ1) is 8.19. The summed E-state index contributed by atoms with van der Waals surface area (Å²) in [4.78, 5) is 10.1. The van der Waals surface area contributed by atoms with Crippen LogP contribution < -0.4 is 4.90 Å². The Labute approximate surface area is 107 Å². The van der Waals surface area contributed by atoms with Crippen molar-refractivity contribution in [3.8, 4) is 0 Å². The number of hydrogen-bond acceptors (Lipinski definition) is 8. The Morgan fingerprint density at radius 3 is 2.53 bits per heavy atom. The Balaban J connectivity index is 2.08. The average Bonchev–Trinajstić information content (AvgIpc) is 2.79. The molecule has 2 aromatic rings. The number of rotatable bonds is 4. The predicted molar refractivity (Wildman–Crippen MR) is 66.3 cm³/mol. The Kier molecular flexibility index (Phi) is 3.87. The summed E-state index contributed by atoms with van der Waals surface area (Å²) < 4.78 is 0.797. The monoisotopic (exact) mass is 269 g/mol. The van der Waals surface area contributed by atoms with Gasteiger partial charge in [-0.1, -0.05) is 11.3 Å². The Morgan fingerprint density at radius 2 is 2.00 bits per heavy atom. The van der Waals surface area contributed by atoms with E-state index in [9.17, 15) is 0 Å². The summed E-state index contributed by atoms with van der Waals surface area (Å²) >= 11 is 2.84. The molecule has 6 nitrogen and oxygen atoms in total. The van der Waals surface area contributed by atoms with Crippen molar-refractivity contribution in [3.05, 3.63) is 18.0 Å². The molecule has 0 spiro atoms. The highest BCUT2D eigenvalue weighted by Gasteiger charge is 2.08. The van der Waals surface area contributed by atoms with Gasteiger partial charge in [0.2, 0.25) is 5.13 Å². The lowest BCUT2D eigenvalue weighted by Crippen LogP contribution is -2.07. The summed E-state index contributed by atoms with van der Waals surface area (Å²) in [6.07, 6.45) is 3.20. The SMILES string of the molecule is CN(C)c1nnc(Sc2ncc(CO)cn2)s1. The highest BCUT2D eigenvalue weighted by molar-refractivity contribution is 8.00. The summed E-state index contributed by atoms with van der Waals surface area (Å²) in [5.41, 5.74) is 0.695. The lowest BCUT2D eigenvalue weighted by atomic mass is 10.4. The minimum atomic E-state index is -0.0471.